The van der Waals surface area contributed by atoms with Crippen molar-refractivity contribution in [1.29, 1.82) is 0 Å². The van der Waals surface area contributed by atoms with Crippen LogP contribution in [0.15, 0.2) is 42.6 Å². The first kappa shape index (κ1) is 13.2. The fraction of sp³-hybridized carbons (Fsp3) is 0.350. The monoisotopic (exact) mass is 304 g/mol. The van der Waals surface area contributed by atoms with E-state index in [1.54, 1.807) is 0 Å². The lowest BCUT2D eigenvalue weighted by atomic mass is 9.99. The molecule has 23 heavy (non-hydrogen) atoms. The third kappa shape index (κ3) is 2.14. The van der Waals surface area contributed by atoms with Gasteiger partial charge in [0.25, 0.3) is 0 Å². The van der Waals surface area contributed by atoms with Crippen molar-refractivity contribution < 1.29 is 4.74 Å². The van der Waals surface area contributed by atoms with Crippen LogP contribution in [0.1, 0.15) is 48.4 Å². The molecule has 3 heteroatoms. The van der Waals surface area contributed by atoms with E-state index in [-0.39, 0.29) is 0 Å². The number of hydrogen-bond donors (Lipinski definition) is 0. The zero-order valence-corrected chi connectivity index (χ0v) is 13.2. The predicted octanol–water partition coefficient (Wildman–Crippen LogP) is 4.63. The molecule has 2 aromatic carbocycles. The molecular weight excluding hydrogens is 284 g/mol. The van der Waals surface area contributed by atoms with Gasteiger partial charge in [-0.1, -0.05) is 31.0 Å². The lowest BCUT2D eigenvalue weighted by Crippen LogP contribution is -2.06. The number of hydrogen-bond acceptors (Lipinski definition) is 2. The molecule has 1 aliphatic heterocycles. The fourth-order valence-electron chi connectivity index (χ4n) is 4.07. The van der Waals surface area contributed by atoms with Crippen LogP contribution in [0.5, 0.6) is 5.75 Å². The molecule has 5 rings (SSSR count). The largest absolute Gasteiger partial charge is 0.489 e. The first-order valence-electron chi connectivity index (χ1n) is 8.58. The number of benzene rings is 2. The summed E-state index contributed by atoms with van der Waals surface area (Å²) in [7, 11) is 0. The van der Waals surface area contributed by atoms with Crippen LogP contribution in [0.3, 0.4) is 0 Å². The smallest absolute Gasteiger partial charge is 0.123 e. The molecule has 0 saturated heterocycles. The van der Waals surface area contributed by atoms with E-state index in [1.807, 2.05) is 12.3 Å². The van der Waals surface area contributed by atoms with E-state index < -0.39 is 0 Å². The Morgan fingerprint density at radius 3 is 2.78 bits per heavy atom. The number of ether oxygens (including phenoxy) is 1. The average molecular weight is 304 g/mol. The highest BCUT2D eigenvalue weighted by molar-refractivity contribution is 5.81. The molecule has 0 N–H and O–H groups in total. The second-order valence-electron chi connectivity index (χ2n) is 6.78. The first-order valence-corrected chi connectivity index (χ1v) is 8.58. The summed E-state index contributed by atoms with van der Waals surface area (Å²) in [5.74, 6) is 1.02. The van der Waals surface area contributed by atoms with Crippen LogP contribution in [-0.4, -0.2) is 9.78 Å². The Balaban J connectivity index is 1.61. The van der Waals surface area contributed by atoms with Gasteiger partial charge in [0.2, 0.25) is 0 Å². The van der Waals surface area contributed by atoms with Gasteiger partial charge in [0.15, 0.2) is 0 Å². The molecule has 0 atom stereocenters. The lowest BCUT2D eigenvalue weighted by Gasteiger charge is -2.13. The molecule has 2 aliphatic rings. The highest BCUT2D eigenvalue weighted by Crippen LogP contribution is 2.34. The molecule has 3 nitrogen and oxygen atoms in total. The van der Waals surface area contributed by atoms with Crippen molar-refractivity contribution in [2.75, 3.05) is 0 Å². The van der Waals surface area contributed by atoms with E-state index in [1.165, 1.54) is 53.3 Å². The van der Waals surface area contributed by atoms with Gasteiger partial charge in [-0.3, -0.25) is 4.68 Å². The Bertz CT molecular complexity index is 874. The Morgan fingerprint density at radius 1 is 1.00 bits per heavy atom. The normalized spacial score (nSPS) is 17.6. The Kier molecular flexibility index (Phi) is 2.93. The average Bonchev–Trinajstić information content (AvgIpc) is 3.19. The second kappa shape index (κ2) is 5.12. The molecule has 1 aromatic heterocycles. The molecule has 0 spiro atoms. The van der Waals surface area contributed by atoms with Crippen LogP contribution in [0.25, 0.3) is 10.9 Å². The Morgan fingerprint density at radius 2 is 1.87 bits per heavy atom. The third-order valence-corrected chi connectivity index (χ3v) is 5.32. The lowest BCUT2D eigenvalue weighted by molar-refractivity contribution is 0.307. The number of fused-ring (bicyclic) bond motifs is 3. The topological polar surface area (TPSA) is 27.1 Å². The van der Waals surface area contributed by atoms with E-state index in [0.29, 0.717) is 12.6 Å². The summed E-state index contributed by atoms with van der Waals surface area (Å²) in [5, 5.41) is 5.95. The Hall–Kier alpha value is -2.29. The summed E-state index contributed by atoms with van der Waals surface area (Å²) in [4.78, 5) is 0. The van der Waals surface area contributed by atoms with Gasteiger partial charge < -0.3 is 4.74 Å². The molecule has 0 unspecified atom stereocenters. The number of nitrogens with zero attached hydrogens (tertiary/aromatic N) is 2. The van der Waals surface area contributed by atoms with E-state index in [9.17, 15) is 0 Å². The summed E-state index contributed by atoms with van der Waals surface area (Å²) in [5.41, 5.74) is 5.21. The van der Waals surface area contributed by atoms with Crippen LogP contribution < -0.4 is 4.74 Å². The minimum atomic E-state index is 0.578. The third-order valence-electron chi connectivity index (χ3n) is 5.32. The molecule has 0 amide bonds. The number of para-hydroxylation sites is 1. The zero-order chi connectivity index (χ0) is 15.2. The minimum absolute atomic E-state index is 0.578. The van der Waals surface area contributed by atoms with E-state index in [0.717, 1.165) is 12.2 Å². The van der Waals surface area contributed by atoms with Gasteiger partial charge in [-0.2, -0.15) is 5.10 Å². The Labute approximate surface area is 135 Å². The summed E-state index contributed by atoms with van der Waals surface area (Å²) in [6.45, 7) is 0.651. The fourth-order valence-corrected chi connectivity index (χ4v) is 4.07. The van der Waals surface area contributed by atoms with Crippen molar-refractivity contribution in [3.05, 3.63) is 59.3 Å². The molecule has 116 valence electrons. The van der Waals surface area contributed by atoms with Crippen molar-refractivity contribution in [1.82, 2.24) is 9.78 Å². The van der Waals surface area contributed by atoms with E-state index in [2.05, 4.69) is 35.0 Å². The molecule has 0 bridgehead atoms. The van der Waals surface area contributed by atoms with Crippen molar-refractivity contribution in [2.45, 2.75) is 44.8 Å². The summed E-state index contributed by atoms with van der Waals surface area (Å²) >= 11 is 0. The van der Waals surface area contributed by atoms with Crippen LogP contribution in [-0.2, 0) is 13.0 Å². The van der Waals surface area contributed by atoms with Crippen molar-refractivity contribution in [3.63, 3.8) is 0 Å². The molecule has 1 fully saturated rings. The predicted molar refractivity (Wildman–Crippen MR) is 90.8 cm³/mol. The molecular formula is C20H20N2O. The van der Waals surface area contributed by atoms with Gasteiger partial charge in [-0.05, 0) is 47.7 Å². The summed E-state index contributed by atoms with van der Waals surface area (Å²) < 4.78 is 8.29. The maximum Gasteiger partial charge on any atom is 0.123 e. The summed E-state index contributed by atoms with van der Waals surface area (Å²) in [6, 6.07) is 13.6. The van der Waals surface area contributed by atoms with E-state index in [4.69, 9.17) is 9.84 Å². The maximum absolute atomic E-state index is 6.04. The highest BCUT2D eigenvalue weighted by atomic mass is 16.5. The van der Waals surface area contributed by atoms with Gasteiger partial charge in [0.05, 0.1) is 17.8 Å². The molecule has 1 saturated carbocycles. The molecule has 1 aliphatic carbocycles. The molecule has 3 aromatic rings. The van der Waals surface area contributed by atoms with Gasteiger partial charge >= 0.3 is 0 Å². The quantitative estimate of drug-likeness (QED) is 0.655. The van der Waals surface area contributed by atoms with Crippen LogP contribution >= 0.6 is 0 Å². The van der Waals surface area contributed by atoms with Gasteiger partial charge in [-0.25, -0.2) is 0 Å². The second-order valence-corrected chi connectivity index (χ2v) is 6.78. The van der Waals surface area contributed by atoms with Gasteiger partial charge in [0.1, 0.15) is 12.4 Å². The van der Waals surface area contributed by atoms with Crippen molar-refractivity contribution >= 4 is 10.9 Å². The SMILES string of the molecule is c1ccc2c(c1)Cc1cc3cnn(C4CCCC4)c3cc1CO2. The minimum Gasteiger partial charge on any atom is -0.489 e. The molecule has 0 radical (unpaired) electrons. The zero-order valence-electron chi connectivity index (χ0n) is 13.2. The molecule has 2 heterocycles. The van der Waals surface area contributed by atoms with Crippen LogP contribution in [0.2, 0.25) is 0 Å². The van der Waals surface area contributed by atoms with E-state index >= 15 is 0 Å². The summed E-state index contributed by atoms with van der Waals surface area (Å²) in [6.07, 6.45) is 8.15. The van der Waals surface area contributed by atoms with Crippen LogP contribution in [0.4, 0.5) is 0 Å². The standard InChI is InChI=1S/C20H20N2O/c1-4-8-20-14(5-1)9-15-10-16-12-21-22(18-6-2-3-7-18)19(16)11-17(15)13-23-20/h1,4-5,8,10-12,18H,2-3,6-7,9,13H2. The van der Waals surface area contributed by atoms with Crippen molar-refractivity contribution in [2.24, 2.45) is 0 Å². The van der Waals surface area contributed by atoms with Gasteiger partial charge in [-0.15, -0.1) is 0 Å². The number of aromatic nitrogens is 2. The maximum atomic E-state index is 6.04. The number of rotatable bonds is 1. The first-order chi connectivity index (χ1) is 11.4. The highest BCUT2D eigenvalue weighted by Gasteiger charge is 2.21. The van der Waals surface area contributed by atoms with Gasteiger partial charge in [0, 0.05) is 11.8 Å². The van der Waals surface area contributed by atoms with Crippen molar-refractivity contribution in [3.8, 4) is 5.75 Å². The van der Waals surface area contributed by atoms with Crippen LogP contribution in [0, 0.1) is 0 Å².